The van der Waals surface area contributed by atoms with E-state index in [1.807, 2.05) is 0 Å². The number of hydrogen-bond donors (Lipinski definition) is 1. The van der Waals surface area contributed by atoms with Crippen LogP contribution in [0.4, 0.5) is 4.79 Å². The average Bonchev–Trinajstić information content (AvgIpc) is 2.43. The number of amides is 2. The van der Waals surface area contributed by atoms with Gasteiger partial charge in [0.15, 0.2) is 0 Å². The number of likely N-dealkylation sites (tertiary alicyclic amines) is 1. The molecule has 1 N–H and O–H groups in total. The van der Waals surface area contributed by atoms with E-state index in [9.17, 15) is 14.4 Å². The van der Waals surface area contributed by atoms with E-state index in [-0.39, 0.29) is 30.9 Å². The van der Waals surface area contributed by atoms with Gasteiger partial charge in [0.2, 0.25) is 0 Å². The third kappa shape index (κ3) is 4.42. The van der Waals surface area contributed by atoms with Crippen molar-refractivity contribution < 1.29 is 24.2 Å². The Morgan fingerprint density at radius 3 is 2.68 bits per heavy atom. The lowest BCUT2D eigenvalue weighted by Crippen LogP contribution is -2.48. The van der Waals surface area contributed by atoms with Crippen LogP contribution in [0.2, 0.25) is 0 Å². The molecule has 0 aromatic rings. The van der Waals surface area contributed by atoms with Crippen molar-refractivity contribution in [1.29, 1.82) is 0 Å². The van der Waals surface area contributed by atoms with Crippen LogP contribution in [0.5, 0.6) is 0 Å². The molecule has 108 valence electrons. The summed E-state index contributed by atoms with van der Waals surface area (Å²) in [4.78, 5) is 37.0. The molecule has 0 saturated carbocycles. The summed E-state index contributed by atoms with van der Waals surface area (Å²) in [6.45, 7) is 1.08. The van der Waals surface area contributed by atoms with Gasteiger partial charge < -0.3 is 19.6 Å². The van der Waals surface area contributed by atoms with Gasteiger partial charge in [-0.05, 0) is 12.8 Å². The SMILES string of the molecule is COC(=O)C1CCCN(C(=O)N(C)CCC(=O)O)C1. The molecule has 1 rings (SSSR count). The van der Waals surface area contributed by atoms with Crippen molar-refractivity contribution in [3.63, 3.8) is 0 Å². The van der Waals surface area contributed by atoms with Gasteiger partial charge in [-0.15, -0.1) is 0 Å². The highest BCUT2D eigenvalue weighted by Gasteiger charge is 2.30. The molecule has 1 aliphatic rings. The van der Waals surface area contributed by atoms with Crippen LogP contribution >= 0.6 is 0 Å². The van der Waals surface area contributed by atoms with Crippen molar-refractivity contribution >= 4 is 18.0 Å². The molecule has 1 heterocycles. The second kappa shape index (κ2) is 6.96. The van der Waals surface area contributed by atoms with Gasteiger partial charge in [-0.25, -0.2) is 4.79 Å². The molecule has 7 nitrogen and oxygen atoms in total. The van der Waals surface area contributed by atoms with E-state index in [0.29, 0.717) is 13.1 Å². The molecule has 1 aliphatic heterocycles. The quantitative estimate of drug-likeness (QED) is 0.748. The number of urea groups is 1. The molecule has 0 aliphatic carbocycles. The van der Waals surface area contributed by atoms with Crippen molar-refractivity contribution in [2.75, 3.05) is 33.8 Å². The van der Waals surface area contributed by atoms with Gasteiger partial charge in [0.25, 0.3) is 0 Å². The molecule has 0 aromatic carbocycles. The topological polar surface area (TPSA) is 87.2 Å². The highest BCUT2D eigenvalue weighted by molar-refractivity contribution is 5.77. The van der Waals surface area contributed by atoms with Gasteiger partial charge in [-0.2, -0.15) is 0 Å². The minimum atomic E-state index is -0.939. The lowest BCUT2D eigenvalue weighted by Gasteiger charge is -2.34. The van der Waals surface area contributed by atoms with Crippen LogP contribution in [0.15, 0.2) is 0 Å². The van der Waals surface area contributed by atoms with Gasteiger partial charge in [0, 0.05) is 26.7 Å². The zero-order valence-corrected chi connectivity index (χ0v) is 11.3. The van der Waals surface area contributed by atoms with E-state index < -0.39 is 5.97 Å². The van der Waals surface area contributed by atoms with Crippen LogP contribution in [0.3, 0.4) is 0 Å². The van der Waals surface area contributed by atoms with E-state index in [2.05, 4.69) is 4.74 Å². The second-order valence-corrected chi connectivity index (χ2v) is 4.66. The zero-order valence-electron chi connectivity index (χ0n) is 11.3. The molecule has 0 radical (unpaired) electrons. The lowest BCUT2D eigenvalue weighted by atomic mass is 9.98. The molecule has 1 atom stereocenters. The van der Waals surface area contributed by atoms with Crippen LogP contribution in [-0.4, -0.2) is 66.7 Å². The third-order valence-electron chi connectivity index (χ3n) is 3.21. The van der Waals surface area contributed by atoms with Crippen molar-refractivity contribution in [2.45, 2.75) is 19.3 Å². The van der Waals surface area contributed by atoms with E-state index in [0.717, 1.165) is 12.8 Å². The molecule has 1 fully saturated rings. The minimum absolute atomic E-state index is 0.0868. The Labute approximate surface area is 112 Å². The first kappa shape index (κ1) is 15.3. The standard InChI is InChI=1S/C12H20N2O5/c1-13(7-5-10(15)16)12(18)14-6-3-4-9(8-14)11(17)19-2/h9H,3-8H2,1-2H3,(H,15,16). The van der Waals surface area contributed by atoms with Crippen LogP contribution in [0.25, 0.3) is 0 Å². The predicted octanol–water partition coefficient (Wildman–Crippen LogP) is 0.398. The first-order valence-electron chi connectivity index (χ1n) is 6.25. The smallest absolute Gasteiger partial charge is 0.319 e. The first-order chi connectivity index (χ1) is 8.95. The number of carboxylic acids is 1. The highest BCUT2D eigenvalue weighted by Crippen LogP contribution is 2.18. The summed E-state index contributed by atoms with van der Waals surface area (Å²) >= 11 is 0. The number of esters is 1. The van der Waals surface area contributed by atoms with Gasteiger partial charge in [-0.3, -0.25) is 9.59 Å². The Bertz CT molecular complexity index is 358. The van der Waals surface area contributed by atoms with E-state index in [4.69, 9.17) is 5.11 Å². The van der Waals surface area contributed by atoms with Crippen LogP contribution in [0.1, 0.15) is 19.3 Å². The fraction of sp³-hybridized carbons (Fsp3) is 0.750. The first-order valence-corrected chi connectivity index (χ1v) is 6.25. The number of carbonyl (C=O) groups is 3. The number of hydrogen-bond acceptors (Lipinski definition) is 4. The van der Waals surface area contributed by atoms with Crippen LogP contribution in [0, 0.1) is 5.92 Å². The summed E-state index contributed by atoms with van der Waals surface area (Å²) in [5.41, 5.74) is 0. The molecule has 0 bridgehead atoms. The summed E-state index contributed by atoms with van der Waals surface area (Å²) in [5.74, 6) is -1.52. The monoisotopic (exact) mass is 272 g/mol. The van der Waals surface area contributed by atoms with Crippen molar-refractivity contribution in [2.24, 2.45) is 5.92 Å². The number of nitrogens with zero attached hydrogens (tertiary/aromatic N) is 2. The van der Waals surface area contributed by atoms with Crippen molar-refractivity contribution in [3.8, 4) is 0 Å². The number of ether oxygens (including phenoxy) is 1. The summed E-state index contributed by atoms with van der Waals surface area (Å²) in [5, 5.41) is 8.59. The zero-order chi connectivity index (χ0) is 14.4. The molecular formula is C12H20N2O5. The number of rotatable bonds is 4. The van der Waals surface area contributed by atoms with Crippen LogP contribution in [-0.2, 0) is 14.3 Å². The second-order valence-electron chi connectivity index (χ2n) is 4.66. The largest absolute Gasteiger partial charge is 0.481 e. The number of piperidine rings is 1. The van der Waals surface area contributed by atoms with Gasteiger partial charge in [0.1, 0.15) is 0 Å². The third-order valence-corrected chi connectivity index (χ3v) is 3.21. The molecule has 19 heavy (non-hydrogen) atoms. The molecule has 0 aromatic heterocycles. The maximum atomic E-state index is 12.1. The van der Waals surface area contributed by atoms with Crippen molar-refractivity contribution in [1.82, 2.24) is 9.80 Å². The van der Waals surface area contributed by atoms with E-state index in [1.54, 1.807) is 11.9 Å². The summed E-state index contributed by atoms with van der Waals surface area (Å²) in [6.07, 6.45) is 1.38. The molecule has 0 spiro atoms. The minimum Gasteiger partial charge on any atom is -0.481 e. The fourth-order valence-electron chi connectivity index (χ4n) is 2.11. The van der Waals surface area contributed by atoms with E-state index >= 15 is 0 Å². The van der Waals surface area contributed by atoms with Crippen LogP contribution < -0.4 is 0 Å². The Balaban J connectivity index is 2.51. The normalized spacial score (nSPS) is 18.8. The maximum absolute atomic E-state index is 12.1. The summed E-state index contributed by atoms with van der Waals surface area (Å²) in [7, 11) is 2.90. The van der Waals surface area contributed by atoms with E-state index in [1.165, 1.54) is 12.0 Å². The molecular weight excluding hydrogens is 252 g/mol. The Morgan fingerprint density at radius 1 is 1.42 bits per heavy atom. The summed E-state index contributed by atoms with van der Waals surface area (Å²) in [6, 6.07) is -0.241. The Morgan fingerprint density at radius 2 is 2.11 bits per heavy atom. The highest BCUT2D eigenvalue weighted by atomic mass is 16.5. The Hall–Kier alpha value is -1.79. The molecule has 1 saturated heterocycles. The molecule has 7 heteroatoms. The lowest BCUT2D eigenvalue weighted by molar-refractivity contribution is -0.146. The maximum Gasteiger partial charge on any atom is 0.319 e. The van der Waals surface area contributed by atoms with Gasteiger partial charge in [0.05, 0.1) is 19.4 Å². The average molecular weight is 272 g/mol. The van der Waals surface area contributed by atoms with Gasteiger partial charge >= 0.3 is 18.0 Å². The molecule has 1 unspecified atom stereocenters. The molecule has 2 amide bonds. The number of carboxylic acid groups (broad SMARTS) is 1. The number of methoxy groups -OCH3 is 1. The number of carbonyl (C=O) groups excluding carboxylic acids is 2. The van der Waals surface area contributed by atoms with Gasteiger partial charge in [-0.1, -0.05) is 0 Å². The number of aliphatic carboxylic acids is 1. The summed E-state index contributed by atoms with van der Waals surface area (Å²) < 4.78 is 4.69. The predicted molar refractivity (Wildman–Crippen MR) is 66.6 cm³/mol. The van der Waals surface area contributed by atoms with Crippen molar-refractivity contribution in [3.05, 3.63) is 0 Å². The fourth-order valence-corrected chi connectivity index (χ4v) is 2.11. The Kier molecular flexibility index (Phi) is 5.59.